The highest BCUT2D eigenvalue weighted by Gasteiger charge is 2.41. The number of unbranched alkanes of at least 4 members (excludes halogenated alkanes) is 13. The molecule has 126 heavy (non-hydrogen) atoms. The molecule has 0 saturated carbocycles. The van der Waals surface area contributed by atoms with Crippen molar-refractivity contribution in [3.8, 4) is 0 Å². The lowest BCUT2D eigenvalue weighted by atomic mass is 9.83. The van der Waals surface area contributed by atoms with Crippen LogP contribution < -0.4 is 58.9 Å². The maximum atomic E-state index is 14.6. The van der Waals surface area contributed by atoms with Gasteiger partial charge < -0.3 is 125 Å². The number of aryl methyl sites for hydroxylation is 1. The molecule has 4 amide bonds. The number of rotatable bonds is 67. The number of nitrogens with one attached hydrogen (secondary N) is 4. The maximum absolute atomic E-state index is 14.6. The number of nitrogens with zero attached hydrogens (tertiary/aromatic N) is 3. The summed E-state index contributed by atoms with van der Waals surface area (Å²) in [5.41, 5.74) is -9.65. The number of hydrogen-bond acceptors (Lipinski definition) is 24. The maximum Gasteiger partial charge on any atom is 0.344 e. The number of ether oxygens (including phenoxy) is 2. The van der Waals surface area contributed by atoms with Gasteiger partial charge in [0.25, 0.3) is 23.6 Å². The number of carboxylic acids is 12. The van der Waals surface area contributed by atoms with Gasteiger partial charge in [-0.05, 0) is 102 Å². The number of amides is 4. The van der Waals surface area contributed by atoms with Gasteiger partial charge in [-0.15, -0.1) is 0 Å². The Morgan fingerprint density at radius 3 is 0.627 bits per heavy atom. The zero-order valence-corrected chi connectivity index (χ0v) is 72.9. The number of halogens is 1. The van der Waals surface area contributed by atoms with Crippen molar-refractivity contribution in [1.82, 2.24) is 21.3 Å². The molecule has 3 heterocycles. The van der Waals surface area contributed by atoms with Crippen molar-refractivity contribution in [2.45, 2.75) is 293 Å². The van der Waals surface area contributed by atoms with Gasteiger partial charge in [-0.3, -0.25) is 85.1 Å². The summed E-state index contributed by atoms with van der Waals surface area (Å²) in [4.78, 5) is 231. The molecule has 45 heteroatoms. The predicted octanol–water partition coefficient (Wildman–Crippen LogP) is 2.66. The van der Waals surface area contributed by atoms with E-state index in [-0.39, 0.29) is 41.6 Å². The number of esters is 2. The Labute approximate surface area is 742 Å². The molecule has 0 aromatic carbocycles. The first-order chi connectivity index (χ1) is 58.6. The smallest absolute Gasteiger partial charge is 0.344 e. The molecule has 0 aliphatic heterocycles. The molecule has 0 aliphatic rings. The highest BCUT2D eigenvalue weighted by atomic mass is 127. The third-order valence-corrected chi connectivity index (χ3v) is 20.5. The number of pyridine rings is 3. The van der Waals surface area contributed by atoms with E-state index in [1.54, 1.807) is 0 Å². The molecule has 3 aromatic heterocycles. The van der Waals surface area contributed by atoms with Crippen LogP contribution in [-0.2, 0) is 97.0 Å². The average molecular weight is 1920 g/mol. The fourth-order valence-electron chi connectivity index (χ4n) is 13.8. The van der Waals surface area contributed by atoms with Crippen molar-refractivity contribution < 1.29 is 212 Å². The Kier molecular flexibility index (Phi) is 51.7. The third-order valence-electron chi connectivity index (χ3n) is 20.5. The molecule has 0 spiro atoms. The van der Waals surface area contributed by atoms with Crippen molar-refractivity contribution in [2.75, 3.05) is 13.2 Å². The van der Waals surface area contributed by atoms with E-state index in [4.69, 9.17) is 27.0 Å². The van der Waals surface area contributed by atoms with Crippen LogP contribution in [0.5, 0.6) is 0 Å². The van der Waals surface area contributed by atoms with Crippen LogP contribution >= 0.6 is 0 Å². The van der Waals surface area contributed by atoms with Crippen LogP contribution in [0.4, 0.5) is 0 Å². The highest BCUT2D eigenvalue weighted by Crippen LogP contribution is 2.32. The second-order valence-electron chi connectivity index (χ2n) is 30.6. The number of carbonyl (C=O) groups excluding carboxylic acids is 6. The van der Waals surface area contributed by atoms with Gasteiger partial charge in [-0.2, -0.15) is 9.13 Å². The second kappa shape index (κ2) is 57.9. The van der Waals surface area contributed by atoms with Crippen LogP contribution in [0, 0.1) is 0 Å². The lowest BCUT2D eigenvalue weighted by molar-refractivity contribution is -0.698. The summed E-state index contributed by atoms with van der Waals surface area (Å²) in [6, 6.07) is 3.07. The highest BCUT2D eigenvalue weighted by molar-refractivity contribution is 7.79. The number of carboxylic acid groups (broad SMARTS) is 12. The monoisotopic (exact) mass is 1920 g/mol. The van der Waals surface area contributed by atoms with Crippen molar-refractivity contribution in [2.24, 2.45) is 0 Å². The standard InChI is InChI=1S/C81H111N7O32.HI.H2O4S/c1-2-3-4-5-6-7-8-9-10-11-12-13-14-15-40-86-52-58(76(117)119-43-41-87-48-54(72(113)82-78(28-16-60(89)90,29-17-61(91)92)30-18-62(93)94)45-55(49-87)73(114)83-79(31-19-63(95)96,32-20-64(97)98)33-21-65(99)100)47-59(53-86)77(118)120-44-42-88-50-56(74(115)84-80(34-22-66(101)102,35-23-67(103)104)36-24-68(105)106)46-57(51-88)75(116)85-81(37-25-69(107)108,38-26-70(109)110)39-27-71(111)112;;1-5(2,3)4/h45-53H,2-44H2,1H3,(H13-3,82,83,84,85,89,90,91,92,93,94,95,96,97,98,99,100,101,102,103,104,105,106,107,108,109,110,111,112,113,114,115,116);1H;(H2,1,2,3,4). The summed E-state index contributed by atoms with van der Waals surface area (Å²) in [7, 11) is -5.17. The molecule has 0 fully saturated rings. The number of hydrogen-bond donors (Lipinski definition) is 16. The van der Waals surface area contributed by atoms with Crippen LogP contribution in [0.25, 0.3) is 0 Å². The van der Waals surface area contributed by atoms with E-state index in [0.717, 1.165) is 90.6 Å². The van der Waals surface area contributed by atoms with E-state index in [2.05, 4.69) is 28.2 Å². The molecule has 0 atom stereocenters. The minimum absolute atomic E-state index is 0. The molecule has 16 N–H and O–H groups in total. The van der Waals surface area contributed by atoms with Crippen molar-refractivity contribution in [3.63, 3.8) is 0 Å². The fraction of sp³-hybridized carbons (Fsp3) is 0.593. The molecule has 0 radical (unpaired) electrons. The Hall–Kier alpha value is -11.5. The molecule has 3 aromatic rings. The van der Waals surface area contributed by atoms with Crippen LogP contribution in [-0.4, -0.2) is 221 Å². The number of aromatic nitrogens is 3. The lowest BCUT2D eigenvalue weighted by Gasteiger charge is -2.34. The van der Waals surface area contributed by atoms with Gasteiger partial charge in [0.15, 0.2) is 63.5 Å². The van der Waals surface area contributed by atoms with Gasteiger partial charge in [0, 0.05) is 116 Å². The quantitative estimate of drug-likeness (QED) is 0.00964. The van der Waals surface area contributed by atoms with Gasteiger partial charge in [-0.25, -0.2) is 14.2 Å². The molecular formula is C81H114IN7O36S. The van der Waals surface area contributed by atoms with Crippen molar-refractivity contribution in [3.05, 3.63) is 88.8 Å². The molecule has 0 unspecified atom stereocenters. The van der Waals surface area contributed by atoms with Crippen LogP contribution in [0.15, 0.2) is 55.4 Å². The molecule has 43 nitrogen and oxygen atoms in total. The van der Waals surface area contributed by atoms with Crippen molar-refractivity contribution in [1.29, 1.82) is 0 Å². The fourth-order valence-corrected chi connectivity index (χ4v) is 13.8. The largest absolute Gasteiger partial charge is 1.00 e. The molecule has 0 aliphatic carbocycles. The van der Waals surface area contributed by atoms with Gasteiger partial charge in [-0.1, -0.05) is 84.0 Å². The summed E-state index contributed by atoms with van der Waals surface area (Å²) in [5, 5.41) is 127. The van der Waals surface area contributed by atoms with E-state index in [1.807, 2.05) is 0 Å². The predicted molar refractivity (Wildman–Crippen MR) is 424 cm³/mol. The number of carbonyl (C=O) groups is 18. The van der Waals surface area contributed by atoms with E-state index in [1.165, 1.54) is 55.5 Å². The van der Waals surface area contributed by atoms with Gasteiger partial charge in [0.05, 0.1) is 0 Å². The van der Waals surface area contributed by atoms with Gasteiger partial charge >= 0.3 is 83.6 Å². The first-order valence-corrected chi connectivity index (χ1v) is 42.0. The Morgan fingerprint density at radius 1 is 0.286 bits per heavy atom. The Balaban J connectivity index is 0.0000128. The first-order valence-electron chi connectivity index (χ1n) is 40.7. The lowest BCUT2D eigenvalue weighted by Crippen LogP contribution is -3.00. The van der Waals surface area contributed by atoms with E-state index in [9.17, 15) is 148 Å². The van der Waals surface area contributed by atoms with E-state index < -0.39 is 342 Å². The van der Waals surface area contributed by atoms with Gasteiger partial charge in [0.2, 0.25) is 0 Å². The zero-order chi connectivity index (χ0) is 94.1. The van der Waals surface area contributed by atoms with Crippen LogP contribution in [0.2, 0.25) is 0 Å². The zero-order valence-electron chi connectivity index (χ0n) is 69.9. The molecule has 0 saturated heterocycles. The normalized spacial score (nSPS) is 11.4. The SMILES string of the molecule is CCCCCCCCCCCCCCCC[n+]1cc(C(=O)OCC[n+]2cc(C(=O)NC(CCC(=O)O)(CCC(=O)O)CCC(=O)O)cc(C(=O)NC(CCC(=O)O)(CCC(=O)O)CCC(=O)O)c2)cc(C(=O)OCC[n+]2cc(C(=O)NC(CCC(=O)O)(CCC(=O)O)CCC(=O)O)cc(C(=O)NC(CCC(=O)O)(CCC(=O)O)CCC(=O)O)c2)c1.O=S(=O)([O-])[O-].[I-]. The average Bonchev–Trinajstić information content (AvgIpc) is 0.824. The molecular weight excluding hydrogens is 1810 g/mol. The summed E-state index contributed by atoms with van der Waals surface area (Å²) < 4.78 is 49.4. The van der Waals surface area contributed by atoms with E-state index in [0.29, 0.717) is 12.8 Å². The molecule has 702 valence electrons. The summed E-state index contributed by atoms with van der Waals surface area (Å²) >= 11 is 0. The Morgan fingerprint density at radius 2 is 0.444 bits per heavy atom. The molecule has 3 rings (SSSR count). The number of aliphatic carboxylic acids is 12. The van der Waals surface area contributed by atoms with Crippen molar-refractivity contribution >= 4 is 118 Å². The minimum atomic E-state index is -5.17. The summed E-state index contributed by atoms with van der Waals surface area (Å²) in [6.45, 7) is 0.223. The molecule has 0 bridgehead atoms. The van der Waals surface area contributed by atoms with Crippen LogP contribution in [0.1, 0.15) is 313 Å². The second-order valence-corrected chi connectivity index (χ2v) is 31.4. The topological polar surface area (TPSA) is 709 Å². The van der Waals surface area contributed by atoms with Crippen LogP contribution in [0.3, 0.4) is 0 Å². The third kappa shape index (κ3) is 49.3. The first kappa shape index (κ1) is 113. The van der Waals surface area contributed by atoms with Gasteiger partial charge in [0.1, 0.15) is 39.9 Å². The summed E-state index contributed by atoms with van der Waals surface area (Å²) in [6.07, 6.45) is 7.43. The Bertz CT molecular complexity index is 3750. The van der Waals surface area contributed by atoms with E-state index >= 15 is 0 Å². The summed E-state index contributed by atoms with van der Waals surface area (Å²) in [5.74, 6) is -23.5. The minimum Gasteiger partial charge on any atom is -1.00 e.